The summed E-state index contributed by atoms with van der Waals surface area (Å²) >= 11 is 5.79. The molecule has 0 bridgehead atoms. The number of amides is 1. The number of hydrogen-bond acceptors (Lipinski definition) is 3. The summed E-state index contributed by atoms with van der Waals surface area (Å²) in [6, 6.07) is 1.72. The molecule has 1 amide bonds. The monoisotopic (exact) mass is 284 g/mol. The van der Waals surface area contributed by atoms with E-state index in [0.717, 1.165) is 5.56 Å². The molecule has 6 heteroatoms. The first kappa shape index (κ1) is 15.4. The van der Waals surface area contributed by atoms with Gasteiger partial charge in [-0.1, -0.05) is 25.4 Å². The van der Waals surface area contributed by atoms with Crippen LogP contribution in [0.15, 0.2) is 12.3 Å². The van der Waals surface area contributed by atoms with Crippen LogP contribution in [-0.4, -0.2) is 22.0 Å². The van der Waals surface area contributed by atoms with Crippen molar-refractivity contribution in [1.82, 2.24) is 4.98 Å². The molecular formula is C13H17ClN2O3. The van der Waals surface area contributed by atoms with E-state index in [0.29, 0.717) is 10.8 Å². The van der Waals surface area contributed by atoms with Crippen LogP contribution in [0.1, 0.15) is 32.3 Å². The molecule has 1 heterocycles. The topological polar surface area (TPSA) is 79.3 Å². The van der Waals surface area contributed by atoms with Crippen LogP contribution in [0.4, 0.5) is 5.69 Å². The second kappa shape index (κ2) is 6.02. The zero-order valence-corrected chi connectivity index (χ0v) is 11.9. The number of anilines is 1. The van der Waals surface area contributed by atoms with Crippen LogP contribution in [0.5, 0.6) is 0 Å². The minimum absolute atomic E-state index is 0.0572. The normalized spacial score (nSPS) is 11.2. The van der Waals surface area contributed by atoms with Gasteiger partial charge in [0.15, 0.2) is 0 Å². The first-order valence-electron chi connectivity index (χ1n) is 5.83. The first-order chi connectivity index (χ1) is 8.69. The van der Waals surface area contributed by atoms with E-state index in [9.17, 15) is 9.59 Å². The predicted molar refractivity (Wildman–Crippen MR) is 73.3 cm³/mol. The lowest BCUT2D eigenvalue weighted by atomic mass is 9.85. The van der Waals surface area contributed by atoms with Crippen LogP contribution >= 0.6 is 11.6 Å². The fourth-order valence-corrected chi connectivity index (χ4v) is 1.84. The number of carboxylic acid groups (broad SMARTS) is 1. The number of rotatable bonds is 5. The number of pyridine rings is 1. The Morgan fingerprint density at radius 3 is 2.58 bits per heavy atom. The lowest BCUT2D eigenvalue weighted by molar-refractivity contribution is -0.139. The number of nitrogens with zero attached hydrogens (tertiary/aromatic N) is 1. The number of nitrogens with one attached hydrogen (secondary N) is 1. The van der Waals surface area contributed by atoms with Gasteiger partial charge in [-0.05, 0) is 24.0 Å². The molecule has 0 aliphatic carbocycles. The highest BCUT2D eigenvalue weighted by molar-refractivity contribution is 6.30. The maximum atomic E-state index is 11.8. The van der Waals surface area contributed by atoms with Crippen molar-refractivity contribution >= 4 is 29.2 Å². The summed E-state index contributed by atoms with van der Waals surface area (Å²) in [5, 5.41) is 11.8. The lowest BCUT2D eigenvalue weighted by Gasteiger charge is -2.21. The molecule has 0 aliphatic heterocycles. The van der Waals surface area contributed by atoms with Gasteiger partial charge < -0.3 is 10.4 Å². The summed E-state index contributed by atoms with van der Waals surface area (Å²) in [6.45, 7) is 5.28. The molecular weight excluding hydrogens is 268 g/mol. The van der Waals surface area contributed by atoms with Crippen LogP contribution in [0.3, 0.4) is 0 Å². The standard InChI is InChI=1S/C13H17ClN2O3/c1-8-4-9(7-15-12(8)14)16-10(17)5-13(2,3)6-11(18)19/h4,7H,5-6H2,1-3H3,(H,16,17)(H,18,19). The van der Waals surface area contributed by atoms with Crippen molar-refractivity contribution in [2.45, 2.75) is 33.6 Å². The van der Waals surface area contributed by atoms with Gasteiger partial charge in [-0.15, -0.1) is 0 Å². The maximum absolute atomic E-state index is 11.8. The molecule has 1 aromatic heterocycles. The number of halogens is 1. The summed E-state index contributed by atoms with van der Waals surface area (Å²) in [7, 11) is 0. The van der Waals surface area contributed by atoms with Gasteiger partial charge in [0, 0.05) is 6.42 Å². The zero-order chi connectivity index (χ0) is 14.6. The molecule has 1 aromatic rings. The van der Waals surface area contributed by atoms with E-state index in [1.165, 1.54) is 6.20 Å². The molecule has 0 aliphatic rings. The van der Waals surface area contributed by atoms with E-state index in [-0.39, 0.29) is 18.7 Å². The van der Waals surface area contributed by atoms with Crippen molar-refractivity contribution in [3.05, 3.63) is 23.0 Å². The van der Waals surface area contributed by atoms with Crippen LogP contribution in [0.2, 0.25) is 5.15 Å². The van der Waals surface area contributed by atoms with Gasteiger partial charge in [-0.25, -0.2) is 4.98 Å². The lowest BCUT2D eigenvalue weighted by Crippen LogP contribution is -2.24. The first-order valence-corrected chi connectivity index (χ1v) is 6.21. The molecule has 0 unspecified atom stereocenters. The van der Waals surface area contributed by atoms with E-state index >= 15 is 0 Å². The van der Waals surface area contributed by atoms with Gasteiger partial charge >= 0.3 is 5.97 Å². The molecule has 0 saturated carbocycles. The van der Waals surface area contributed by atoms with Crippen molar-refractivity contribution in [2.75, 3.05) is 5.32 Å². The van der Waals surface area contributed by atoms with Crippen LogP contribution in [-0.2, 0) is 9.59 Å². The third-order valence-corrected chi connectivity index (χ3v) is 2.96. The molecule has 2 N–H and O–H groups in total. The molecule has 0 atom stereocenters. The number of carboxylic acids is 1. The number of hydrogen-bond donors (Lipinski definition) is 2. The molecule has 1 rings (SSSR count). The fraction of sp³-hybridized carbons (Fsp3) is 0.462. The Balaban J connectivity index is 2.64. The SMILES string of the molecule is Cc1cc(NC(=O)CC(C)(C)CC(=O)O)cnc1Cl. The number of aliphatic carboxylic acids is 1. The Bertz CT molecular complexity index is 501. The molecule has 0 saturated heterocycles. The fourth-order valence-electron chi connectivity index (χ4n) is 1.74. The van der Waals surface area contributed by atoms with Crippen LogP contribution in [0, 0.1) is 12.3 Å². The van der Waals surface area contributed by atoms with Gasteiger partial charge in [0.1, 0.15) is 5.15 Å². The maximum Gasteiger partial charge on any atom is 0.303 e. The molecule has 5 nitrogen and oxygen atoms in total. The molecule has 0 spiro atoms. The predicted octanol–water partition coefficient (Wildman–Crippen LogP) is 2.87. The van der Waals surface area contributed by atoms with E-state index in [1.54, 1.807) is 26.8 Å². The molecule has 104 valence electrons. The second-order valence-corrected chi connectivity index (χ2v) is 5.65. The Kier molecular flexibility index (Phi) is 4.89. The van der Waals surface area contributed by atoms with E-state index < -0.39 is 11.4 Å². The minimum atomic E-state index is -0.915. The van der Waals surface area contributed by atoms with Gasteiger partial charge in [0.05, 0.1) is 18.3 Å². The molecule has 0 radical (unpaired) electrons. The summed E-state index contributed by atoms with van der Waals surface area (Å²) in [5.74, 6) is -1.16. The quantitative estimate of drug-likeness (QED) is 0.815. The highest BCUT2D eigenvalue weighted by Crippen LogP contribution is 2.26. The average Bonchev–Trinajstić information content (AvgIpc) is 2.20. The Morgan fingerprint density at radius 1 is 1.42 bits per heavy atom. The number of aromatic nitrogens is 1. The van der Waals surface area contributed by atoms with E-state index in [2.05, 4.69) is 10.3 Å². The van der Waals surface area contributed by atoms with Gasteiger partial charge in [-0.2, -0.15) is 0 Å². The summed E-state index contributed by atoms with van der Waals surface area (Å²) in [5.41, 5.74) is 0.729. The van der Waals surface area contributed by atoms with Gasteiger partial charge in [0.25, 0.3) is 0 Å². The number of aryl methyl sites for hydroxylation is 1. The smallest absolute Gasteiger partial charge is 0.303 e. The Labute approximate surface area is 117 Å². The van der Waals surface area contributed by atoms with Crippen LogP contribution in [0.25, 0.3) is 0 Å². The van der Waals surface area contributed by atoms with Gasteiger partial charge in [0.2, 0.25) is 5.91 Å². The summed E-state index contributed by atoms with van der Waals surface area (Å²) in [6.07, 6.45) is 1.54. The highest BCUT2D eigenvalue weighted by atomic mass is 35.5. The zero-order valence-electron chi connectivity index (χ0n) is 11.2. The number of carbonyl (C=O) groups excluding carboxylic acids is 1. The Hall–Kier alpha value is -1.62. The van der Waals surface area contributed by atoms with E-state index in [1.807, 2.05) is 0 Å². The summed E-state index contributed by atoms with van der Waals surface area (Å²) < 4.78 is 0. The molecule has 19 heavy (non-hydrogen) atoms. The van der Waals surface area contributed by atoms with Crippen molar-refractivity contribution in [2.24, 2.45) is 5.41 Å². The second-order valence-electron chi connectivity index (χ2n) is 5.29. The van der Waals surface area contributed by atoms with Crippen molar-refractivity contribution < 1.29 is 14.7 Å². The third kappa shape index (κ3) is 5.26. The molecule has 0 fully saturated rings. The van der Waals surface area contributed by atoms with Crippen LogP contribution < -0.4 is 5.32 Å². The molecule has 0 aromatic carbocycles. The van der Waals surface area contributed by atoms with E-state index in [4.69, 9.17) is 16.7 Å². The average molecular weight is 285 g/mol. The minimum Gasteiger partial charge on any atom is -0.481 e. The largest absolute Gasteiger partial charge is 0.481 e. The van der Waals surface area contributed by atoms with Crippen molar-refractivity contribution in [3.63, 3.8) is 0 Å². The van der Waals surface area contributed by atoms with Crippen molar-refractivity contribution in [1.29, 1.82) is 0 Å². The summed E-state index contributed by atoms with van der Waals surface area (Å²) in [4.78, 5) is 26.5. The highest BCUT2D eigenvalue weighted by Gasteiger charge is 2.25. The van der Waals surface area contributed by atoms with Crippen molar-refractivity contribution in [3.8, 4) is 0 Å². The number of carbonyl (C=O) groups is 2. The Morgan fingerprint density at radius 2 is 2.05 bits per heavy atom. The van der Waals surface area contributed by atoms with Gasteiger partial charge in [-0.3, -0.25) is 9.59 Å². The third-order valence-electron chi connectivity index (χ3n) is 2.57.